The van der Waals surface area contributed by atoms with Gasteiger partial charge >= 0.3 is 0 Å². The molecule has 0 unspecified atom stereocenters. The van der Waals surface area contributed by atoms with E-state index in [1.165, 1.54) is 0 Å². The molecule has 0 aliphatic heterocycles. The smallest absolute Gasteiger partial charge is 0.246 e. The Bertz CT molecular complexity index is 192. The number of likely N-dealkylation sites (N-methyl/N-ethyl adjacent to an activating group) is 1. The van der Waals surface area contributed by atoms with Gasteiger partial charge in [0.05, 0.1) is 0 Å². The molecule has 0 aliphatic rings. The van der Waals surface area contributed by atoms with E-state index in [-0.39, 0.29) is 11.3 Å². The summed E-state index contributed by atoms with van der Waals surface area (Å²) in [6.45, 7) is 8.21. The largest absolute Gasteiger partial charge is 0.355 e. The maximum Gasteiger partial charge on any atom is 0.246 e. The SMILES string of the molecule is CCC(C)(C)/C=C(/C)C(=O)NC. The number of rotatable bonds is 3. The molecule has 0 saturated carbocycles. The number of carbonyl (C=O) groups excluding carboxylic acids is 1. The van der Waals surface area contributed by atoms with E-state index in [0.717, 1.165) is 12.0 Å². The summed E-state index contributed by atoms with van der Waals surface area (Å²) < 4.78 is 0. The molecular weight excluding hydrogens is 150 g/mol. The number of hydrogen-bond donors (Lipinski definition) is 1. The van der Waals surface area contributed by atoms with Crippen LogP contribution in [-0.2, 0) is 4.79 Å². The fourth-order valence-electron chi connectivity index (χ4n) is 0.951. The molecule has 2 nitrogen and oxygen atoms in total. The van der Waals surface area contributed by atoms with Crippen LogP contribution < -0.4 is 5.32 Å². The van der Waals surface area contributed by atoms with E-state index in [1.54, 1.807) is 7.05 Å². The fraction of sp³-hybridized carbons (Fsp3) is 0.700. The number of nitrogens with one attached hydrogen (secondary N) is 1. The van der Waals surface area contributed by atoms with E-state index in [4.69, 9.17) is 0 Å². The molecule has 0 rings (SSSR count). The number of carbonyl (C=O) groups is 1. The summed E-state index contributed by atoms with van der Waals surface area (Å²) in [7, 11) is 1.65. The molecule has 0 atom stereocenters. The van der Waals surface area contributed by atoms with Gasteiger partial charge in [0.2, 0.25) is 5.91 Å². The fourth-order valence-corrected chi connectivity index (χ4v) is 0.951. The first kappa shape index (κ1) is 11.2. The van der Waals surface area contributed by atoms with Crippen molar-refractivity contribution in [3.63, 3.8) is 0 Å². The van der Waals surface area contributed by atoms with Crippen molar-refractivity contribution >= 4 is 5.91 Å². The van der Waals surface area contributed by atoms with Crippen molar-refractivity contribution in [1.82, 2.24) is 5.32 Å². The highest BCUT2D eigenvalue weighted by atomic mass is 16.1. The third kappa shape index (κ3) is 3.56. The zero-order chi connectivity index (χ0) is 9.78. The maximum absolute atomic E-state index is 11.1. The highest BCUT2D eigenvalue weighted by Gasteiger charge is 2.13. The average molecular weight is 169 g/mol. The normalized spacial score (nSPS) is 12.9. The van der Waals surface area contributed by atoms with Crippen LogP contribution in [0.4, 0.5) is 0 Å². The lowest BCUT2D eigenvalue weighted by Gasteiger charge is -2.18. The van der Waals surface area contributed by atoms with Gasteiger partial charge in [-0.3, -0.25) is 4.79 Å². The van der Waals surface area contributed by atoms with Gasteiger partial charge in [-0.15, -0.1) is 0 Å². The lowest BCUT2D eigenvalue weighted by Crippen LogP contribution is -2.20. The Morgan fingerprint density at radius 1 is 1.50 bits per heavy atom. The topological polar surface area (TPSA) is 29.1 Å². The summed E-state index contributed by atoms with van der Waals surface area (Å²) >= 11 is 0. The van der Waals surface area contributed by atoms with Crippen molar-refractivity contribution in [1.29, 1.82) is 0 Å². The second-order valence-electron chi connectivity index (χ2n) is 3.75. The second kappa shape index (κ2) is 4.29. The quantitative estimate of drug-likeness (QED) is 0.644. The van der Waals surface area contributed by atoms with Crippen LogP contribution in [0.2, 0.25) is 0 Å². The van der Waals surface area contributed by atoms with Crippen LogP contribution in [-0.4, -0.2) is 13.0 Å². The van der Waals surface area contributed by atoms with E-state index >= 15 is 0 Å². The van der Waals surface area contributed by atoms with Crippen molar-refractivity contribution in [2.24, 2.45) is 5.41 Å². The molecule has 0 radical (unpaired) electrons. The molecule has 0 saturated heterocycles. The monoisotopic (exact) mass is 169 g/mol. The van der Waals surface area contributed by atoms with Crippen molar-refractivity contribution in [2.75, 3.05) is 7.05 Å². The average Bonchev–Trinajstić information content (AvgIpc) is 2.02. The van der Waals surface area contributed by atoms with Gasteiger partial charge in [0.1, 0.15) is 0 Å². The highest BCUT2D eigenvalue weighted by molar-refractivity contribution is 5.92. The van der Waals surface area contributed by atoms with Gasteiger partial charge < -0.3 is 5.32 Å². The lowest BCUT2D eigenvalue weighted by atomic mass is 9.88. The Morgan fingerprint density at radius 3 is 2.33 bits per heavy atom. The molecule has 0 fully saturated rings. The predicted molar refractivity (Wildman–Crippen MR) is 51.9 cm³/mol. The highest BCUT2D eigenvalue weighted by Crippen LogP contribution is 2.22. The van der Waals surface area contributed by atoms with E-state index in [1.807, 2.05) is 13.0 Å². The minimum atomic E-state index is 0.0107. The number of amides is 1. The molecule has 0 aromatic rings. The Balaban J connectivity index is 4.45. The van der Waals surface area contributed by atoms with Gasteiger partial charge in [-0.05, 0) is 18.8 Å². The van der Waals surface area contributed by atoms with Crippen molar-refractivity contribution < 1.29 is 4.79 Å². The summed E-state index contributed by atoms with van der Waals surface area (Å²) in [5, 5.41) is 2.60. The van der Waals surface area contributed by atoms with Crippen LogP contribution in [0.5, 0.6) is 0 Å². The van der Waals surface area contributed by atoms with Crippen molar-refractivity contribution in [3.8, 4) is 0 Å². The maximum atomic E-state index is 11.1. The third-order valence-corrected chi connectivity index (χ3v) is 2.10. The summed E-state index contributed by atoms with van der Waals surface area (Å²) in [5.74, 6) is 0.0107. The Hall–Kier alpha value is -0.790. The molecule has 1 amide bonds. The van der Waals surface area contributed by atoms with Crippen molar-refractivity contribution in [3.05, 3.63) is 11.6 Å². The Morgan fingerprint density at radius 2 is 2.00 bits per heavy atom. The summed E-state index contributed by atoms with van der Waals surface area (Å²) in [4.78, 5) is 11.1. The minimum Gasteiger partial charge on any atom is -0.355 e. The van der Waals surface area contributed by atoms with Crippen LogP contribution in [0.25, 0.3) is 0 Å². The van der Waals surface area contributed by atoms with Crippen molar-refractivity contribution in [2.45, 2.75) is 34.1 Å². The van der Waals surface area contributed by atoms with E-state index in [2.05, 4.69) is 26.1 Å². The van der Waals surface area contributed by atoms with Gasteiger partial charge in [-0.1, -0.05) is 26.8 Å². The minimum absolute atomic E-state index is 0.0107. The molecule has 0 spiro atoms. The van der Waals surface area contributed by atoms with Crippen LogP contribution in [0, 0.1) is 5.41 Å². The Kier molecular flexibility index (Phi) is 4.01. The molecule has 0 aliphatic carbocycles. The predicted octanol–water partition coefficient (Wildman–Crippen LogP) is 2.11. The third-order valence-electron chi connectivity index (χ3n) is 2.10. The molecule has 0 aromatic carbocycles. The molecule has 0 heterocycles. The molecule has 70 valence electrons. The first-order valence-electron chi connectivity index (χ1n) is 4.34. The van der Waals surface area contributed by atoms with Gasteiger partial charge in [0, 0.05) is 12.6 Å². The molecule has 0 aromatic heterocycles. The van der Waals surface area contributed by atoms with E-state index in [9.17, 15) is 4.79 Å². The molecule has 12 heavy (non-hydrogen) atoms. The van der Waals surface area contributed by atoms with Crippen LogP contribution in [0.1, 0.15) is 34.1 Å². The number of hydrogen-bond acceptors (Lipinski definition) is 1. The van der Waals surface area contributed by atoms with Crippen LogP contribution >= 0.6 is 0 Å². The molecule has 1 N–H and O–H groups in total. The summed E-state index contributed by atoms with van der Waals surface area (Å²) in [6, 6.07) is 0. The second-order valence-corrected chi connectivity index (χ2v) is 3.75. The summed E-state index contributed by atoms with van der Waals surface area (Å²) in [6.07, 6.45) is 3.06. The van der Waals surface area contributed by atoms with Crippen LogP contribution in [0.3, 0.4) is 0 Å². The summed E-state index contributed by atoms with van der Waals surface area (Å²) in [5.41, 5.74) is 0.917. The lowest BCUT2D eigenvalue weighted by molar-refractivity contribution is -0.117. The molecule has 0 bridgehead atoms. The zero-order valence-corrected chi connectivity index (χ0v) is 8.69. The van der Waals surface area contributed by atoms with E-state index in [0.29, 0.717) is 0 Å². The number of allylic oxidation sites excluding steroid dienone is 1. The first-order chi connectivity index (χ1) is 5.43. The van der Waals surface area contributed by atoms with Gasteiger partial charge in [-0.25, -0.2) is 0 Å². The zero-order valence-electron chi connectivity index (χ0n) is 8.69. The van der Waals surface area contributed by atoms with E-state index < -0.39 is 0 Å². The molecular formula is C10H19NO. The van der Waals surface area contributed by atoms with Gasteiger partial charge in [0.15, 0.2) is 0 Å². The first-order valence-corrected chi connectivity index (χ1v) is 4.34. The Labute approximate surface area is 75.0 Å². The molecule has 2 heteroatoms. The standard InChI is InChI=1S/C10H19NO/c1-6-10(3,4)7-8(2)9(12)11-5/h7H,6H2,1-5H3,(H,11,12)/b8-7-. The van der Waals surface area contributed by atoms with Crippen LogP contribution in [0.15, 0.2) is 11.6 Å². The van der Waals surface area contributed by atoms with Gasteiger partial charge in [0.25, 0.3) is 0 Å². The van der Waals surface area contributed by atoms with Gasteiger partial charge in [-0.2, -0.15) is 0 Å².